The monoisotopic (exact) mass is 1500 g/mol. The molecule has 0 bridgehead atoms. The molecule has 37 nitrogen and oxygen atoms in total. The van der Waals surface area contributed by atoms with Gasteiger partial charge in [0.1, 0.15) is 104 Å². The second-order valence-corrected chi connectivity index (χ2v) is 26.6. The first-order valence-electron chi connectivity index (χ1n) is 34.5. The minimum absolute atomic E-state index is 0.111. The SMILES string of the molecule is CCC(COCC(COCC(COCC(COCC(O)COCC(O)CO)OCC(CO)OCC(O)CO)OCC(O)CO)OCC(COCC(COCC(O)COCC(O)CO)OCC(O)COCC(O)CO)OCC(CO)OCC(CO)OCC(O)CO)(COC(C)(C)C)COC(C)(C)C. The van der Waals surface area contributed by atoms with Crippen molar-refractivity contribution in [1.29, 1.82) is 0 Å². The molecule has 0 radical (unpaired) electrons. The van der Waals surface area contributed by atoms with E-state index in [1.54, 1.807) is 0 Å². The molecule has 0 aliphatic rings. The van der Waals surface area contributed by atoms with E-state index in [0.717, 1.165) is 0 Å². The van der Waals surface area contributed by atoms with Crippen LogP contribution in [0.15, 0.2) is 0 Å². The fraction of sp³-hybridized carbons (Fsp3) is 1.00. The maximum Gasteiger partial charge on any atom is 0.104 e. The fourth-order valence-electron chi connectivity index (χ4n) is 7.87. The molecule has 18 N–H and O–H groups in total. The van der Waals surface area contributed by atoms with E-state index in [0.29, 0.717) is 6.42 Å². The van der Waals surface area contributed by atoms with Crippen LogP contribution in [0.4, 0.5) is 0 Å². The summed E-state index contributed by atoms with van der Waals surface area (Å²) in [5.74, 6) is 0. The van der Waals surface area contributed by atoms with Crippen LogP contribution >= 0.6 is 0 Å². The number of hydrogen-bond acceptors (Lipinski definition) is 37. The average Bonchev–Trinajstić information content (AvgIpc) is 0.861. The fourth-order valence-corrected chi connectivity index (χ4v) is 7.87. The number of aliphatic hydroxyl groups is 18. The Morgan fingerprint density at radius 3 is 0.657 bits per heavy atom. The summed E-state index contributed by atoms with van der Waals surface area (Å²) >= 11 is 0. The van der Waals surface area contributed by atoms with E-state index in [-0.39, 0.29) is 185 Å². The van der Waals surface area contributed by atoms with Gasteiger partial charge in [-0.25, -0.2) is 0 Å². The largest absolute Gasteiger partial charge is 0.394 e. The number of rotatable bonds is 74. The van der Waals surface area contributed by atoms with Crippen LogP contribution in [0, 0.1) is 5.41 Å². The van der Waals surface area contributed by atoms with Gasteiger partial charge < -0.3 is 182 Å². The van der Waals surface area contributed by atoms with Gasteiger partial charge in [0.2, 0.25) is 0 Å². The lowest BCUT2D eigenvalue weighted by Gasteiger charge is -2.37. The van der Waals surface area contributed by atoms with E-state index in [1.165, 1.54) is 0 Å². The zero-order chi connectivity index (χ0) is 76.6. The van der Waals surface area contributed by atoms with Crippen molar-refractivity contribution in [3.8, 4) is 0 Å². The average molecular weight is 1510 g/mol. The predicted octanol–water partition coefficient (Wildman–Crippen LogP) is -7.58. The van der Waals surface area contributed by atoms with Gasteiger partial charge in [-0.2, -0.15) is 0 Å². The van der Waals surface area contributed by atoms with Crippen LogP contribution in [0.2, 0.25) is 0 Å². The third kappa shape index (κ3) is 56.7. The molecule has 0 aliphatic heterocycles. The summed E-state index contributed by atoms with van der Waals surface area (Å²) in [4.78, 5) is 0. The van der Waals surface area contributed by atoms with E-state index in [4.69, 9.17) is 100 Å². The van der Waals surface area contributed by atoms with Crippen LogP contribution in [0.1, 0.15) is 54.9 Å². The standard InChI is InChI=1S/C65H132O37/c1-8-65(44-101-63(2,3)4,45-102-64(5,6)7)43-92-38-61(36-90-34-59(95-28-51(80)14-71)33-89-35-60(98-40-56(16-73)94-27-50(79)13-70)31-88-24-53(82)22-85-19-47(76)10-67)100-42-62(99-41-57(17-74)97-39-55(15-72)93-26-49(78)12-69)37-91-32-58(96-29-54(83)25-86-20-48(77)11-68)30-87-23-52(81)21-84-18-46(75)9-66/h46-62,66-83H,8-45H2,1-7H3. The zero-order valence-electron chi connectivity index (χ0n) is 61.0. The quantitative estimate of drug-likeness (QED) is 0.0269. The van der Waals surface area contributed by atoms with Gasteiger partial charge in [-0.15, -0.1) is 0 Å². The molecule has 0 saturated heterocycles. The first-order chi connectivity index (χ1) is 48.5. The van der Waals surface area contributed by atoms with Crippen molar-refractivity contribution in [1.82, 2.24) is 0 Å². The minimum atomic E-state index is -1.31. The summed E-state index contributed by atoms with van der Waals surface area (Å²) in [7, 11) is 0. The molecule has 37 heteroatoms. The van der Waals surface area contributed by atoms with Crippen LogP contribution in [0.3, 0.4) is 0 Å². The predicted molar refractivity (Wildman–Crippen MR) is 357 cm³/mol. The zero-order valence-corrected chi connectivity index (χ0v) is 61.0. The van der Waals surface area contributed by atoms with Gasteiger partial charge >= 0.3 is 0 Å². The molecule has 614 valence electrons. The molecule has 0 aromatic heterocycles. The molecule has 0 saturated carbocycles. The van der Waals surface area contributed by atoms with Crippen LogP contribution in [-0.2, 0) is 90.0 Å². The molecule has 0 rings (SSSR count). The van der Waals surface area contributed by atoms with E-state index < -0.39 is 180 Å². The summed E-state index contributed by atoms with van der Waals surface area (Å²) in [5, 5.41) is 177. The summed E-state index contributed by atoms with van der Waals surface area (Å²) in [6.07, 6.45) is -18.0. The Morgan fingerprint density at radius 2 is 0.392 bits per heavy atom. The maximum absolute atomic E-state index is 10.7. The van der Waals surface area contributed by atoms with E-state index in [9.17, 15) is 81.7 Å². The Balaban J connectivity index is 7.28. The lowest BCUT2D eigenvalue weighted by atomic mass is 9.87. The highest BCUT2D eigenvalue weighted by atomic mass is 16.6. The first-order valence-corrected chi connectivity index (χ1v) is 34.5. The first kappa shape index (κ1) is 101. The second kappa shape index (κ2) is 62.3. The van der Waals surface area contributed by atoms with Gasteiger partial charge in [0.05, 0.1) is 256 Å². The lowest BCUT2D eigenvalue weighted by molar-refractivity contribution is -0.160. The Morgan fingerprint density at radius 1 is 0.206 bits per heavy atom. The number of aliphatic hydroxyl groups excluding tert-OH is 18. The van der Waals surface area contributed by atoms with Gasteiger partial charge in [0.15, 0.2) is 0 Å². The highest BCUT2D eigenvalue weighted by molar-refractivity contribution is 4.81. The molecule has 0 spiro atoms. The topological polar surface area (TPSA) is 540 Å². The number of hydrogen-bond donors (Lipinski definition) is 18. The molecule has 0 fully saturated rings. The smallest absolute Gasteiger partial charge is 0.104 e. The van der Waals surface area contributed by atoms with Gasteiger partial charge in [0.25, 0.3) is 0 Å². The van der Waals surface area contributed by atoms with Crippen molar-refractivity contribution < 1.29 is 182 Å². The normalized spacial score (nSPS) is 17.9. The summed E-state index contributed by atoms with van der Waals surface area (Å²) in [6, 6.07) is 0. The number of ether oxygens (including phenoxy) is 19. The lowest BCUT2D eigenvalue weighted by Crippen LogP contribution is -2.43. The van der Waals surface area contributed by atoms with Crippen LogP contribution in [0.5, 0.6) is 0 Å². The highest BCUT2D eigenvalue weighted by Gasteiger charge is 2.34. The van der Waals surface area contributed by atoms with Gasteiger partial charge in [-0.1, -0.05) is 6.92 Å². The summed E-state index contributed by atoms with van der Waals surface area (Å²) in [6.45, 7) is 2.49. The molecule has 0 amide bonds. The van der Waals surface area contributed by atoms with Crippen molar-refractivity contribution in [3.05, 3.63) is 0 Å². The maximum atomic E-state index is 10.7. The molecule has 0 aromatic carbocycles. The molecular formula is C65H132O37. The van der Waals surface area contributed by atoms with Crippen molar-refractivity contribution >= 4 is 0 Å². The summed E-state index contributed by atoms with van der Waals surface area (Å²) < 4.78 is 112. The Labute approximate surface area is 600 Å². The van der Waals surface area contributed by atoms with Crippen LogP contribution in [-0.4, -0.2) is 451 Å². The molecule has 102 heavy (non-hydrogen) atoms. The molecular weight excluding hydrogens is 1370 g/mol. The molecule has 0 aliphatic carbocycles. The van der Waals surface area contributed by atoms with Crippen LogP contribution in [0.25, 0.3) is 0 Å². The van der Waals surface area contributed by atoms with Crippen molar-refractivity contribution in [2.24, 2.45) is 5.41 Å². The molecule has 17 unspecified atom stereocenters. The third-order valence-electron chi connectivity index (χ3n) is 14.0. The van der Waals surface area contributed by atoms with Crippen LogP contribution < -0.4 is 0 Å². The van der Waals surface area contributed by atoms with Gasteiger partial charge in [-0.05, 0) is 48.0 Å². The second-order valence-electron chi connectivity index (χ2n) is 26.6. The molecule has 17 atom stereocenters. The Kier molecular flexibility index (Phi) is 61.4. The Hall–Kier alpha value is -1.48. The van der Waals surface area contributed by atoms with E-state index in [2.05, 4.69) is 0 Å². The highest BCUT2D eigenvalue weighted by Crippen LogP contribution is 2.29. The van der Waals surface area contributed by atoms with Gasteiger partial charge in [-0.3, -0.25) is 0 Å². The van der Waals surface area contributed by atoms with Gasteiger partial charge in [0, 0.05) is 5.41 Å². The Bertz CT molecular complexity index is 1820. The summed E-state index contributed by atoms with van der Waals surface area (Å²) in [5.41, 5.74) is -1.73. The van der Waals surface area contributed by atoms with Crippen molar-refractivity contribution in [2.75, 3.05) is 244 Å². The minimum Gasteiger partial charge on any atom is -0.394 e. The molecule has 0 aromatic rings. The van der Waals surface area contributed by atoms with E-state index >= 15 is 0 Å². The van der Waals surface area contributed by atoms with Crippen molar-refractivity contribution in [2.45, 2.75) is 170 Å². The molecule has 0 heterocycles. The third-order valence-corrected chi connectivity index (χ3v) is 14.0. The van der Waals surface area contributed by atoms with E-state index in [1.807, 2.05) is 48.5 Å². The van der Waals surface area contributed by atoms with Crippen molar-refractivity contribution in [3.63, 3.8) is 0 Å².